The van der Waals surface area contributed by atoms with E-state index in [0.717, 1.165) is 57.3 Å². The standard InChI is InChI=1S/C30H40Cl2N8O/c1-39-12-9-22(10-13-39)18-35-30-37-27(17-28(38-30)40-14-11-33-20-40)36-26(15-21-5-3-2-4-6-21)29(41)34-19-23-7-8-24(31)16-25(23)32/h7-8,11,14,16-17,20-22,26H,2-6,9-10,12-13,15,18-19H2,1H3,(H,34,41)(H2,35,36,37,38)/t26-/m1/s1. The zero-order valence-electron chi connectivity index (χ0n) is 23.7. The summed E-state index contributed by atoms with van der Waals surface area (Å²) in [5.41, 5.74) is 0.825. The monoisotopic (exact) mass is 598 g/mol. The molecule has 41 heavy (non-hydrogen) atoms. The molecule has 1 saturated carbocycles. The smallest absolute Gasteiger partial charge is 0.242 e. The summed E-state index contributed by atoms with van der Waals surface area (Å²) >= 11 is 12.4. The molecular weight excluding hydrogens is 559 g/mol. The SMILES string of the molecule is CN1CCC(CNc2nc(N[C@H](CC3CCCCC3)C(=O)NCc3ccc(Cl)cc3Cl)cc(-n3ccnc3)n2)CC1. The number of piperidine rings is 1. The van der Waals surface area contributed by atoms with E-state index in [1.807, 2.05) is 22.9 Å². The summed E-state index contributed by atoms with van der Waals surface area (Å²) in [6.07, 6.45) is 14.3. The van der Waals surface area contributed by atoms with Crippen LogP contribution in [0.3, 0.4) is 0 Å². The van der Waals surface area contributed by atoms with E-state index in [2.05, 4.69) is 32.9 Å². The number of aromatic nitrogens is 4. The lowest BCUT2D eigenvalue weighted by atomic mass is 9.84. The molecule has 0 spiro atoms. The van der Waals surface area contributed by atoms with Gasteiger partial charge in [0.2, 0.25) is 11.9 Å². The second-order valence-electron chi connectivity index (χ2n) is 11.4. The van der Waals surface area contributed by atoms with Gasteiger partial charge < -0.3 is 20.9 Å². The molecule has 11 heteroatoms. The Balaban J connectivity index is 1.33. The third kappa shape index (κ3) is 8.56. The molecule has 1 amide bonds. The Kier molecular flexibility index (Phi) is 10.4. The molecule has 2 fully saturated rings. The van der Waals surface area contributed by atoms with Crippen molar-refractivity contribution in [2.75, 3.05) is 37.3 Å². The molecule has 5 rings (SSSR count). The average molecular weight is 600 g/mol. The summed E-state index contributed by atoms with van der Waals surface area (Å²) < 4.78 is 1.85. The number of likely N-dealkylation sites (tertiary alicyclic amines) is 1. The summed E-state index contributed by atoms with van der Waals surface area (Å²) in [7, 11) is 2.17. The Morgan fingerprint density at radius 1 is 1.05 bits per heavy atom. The first kappa shape index (κ1) is 29.6. The number of amides is 1. The van der Waals surface area contributed by atoms with Gasteiger partial charge in [-0.15, -0.1) is 0 Å². The highest BCUT2D eigenvalue weighted by Crippen LogP contribution is 2.29. The predicted molar refractivity (Wildman–Crippen MR) is 165 cm³/mol. The Labute approximate surface area is 252 Å². The van der Waals surface area contributed by atoms with Crippen LogP contribution in [-0.2, 0) is 11.3 Å². The number of benzene rings is 1. The number of carbonyl (C=O) groups is 1. The first-order chi connectivity index (χ1) is 19.9. The van der Waals surface area contributed by atoms with Crippen molar-refractivity contribution in [3.63, 3.8) is 0 Å². The minimum absolute atomic E-state index is 0.0785. The second-order valence-corrected chi connectivity index (χ2v) is 12.3. The predicted octanol–water partition coefficient (Wildman–Crippen LogP) is 5.79. The van der Waals surface area contributed by atoms with Crippen LogP contribution in [0.25, 0.3) is 5.82 Å². The third-order valence-electron chi connectivity index (χ3n) is 8.27. The molecule has 1 aromatic carbocycles. The first-order valence-corrected chi connectivity index (χ1v) is 15.5. The molecule has 3 heterocycles. The van der Waals surface area contributed by atoms with E-state index >= 15 is 0 Å². The molecule has 3 N–H and O–H groups in total. The van der Waals surface area contributed by atoms with Crippen LogP contribution < -0.4 is 16.0 Å². The van der Waals surface area contributed by atoms with Crippen LogP contribution >= 0.6 is 23.2 Å². The molecule has 0 unspecified atom stereocenters. The van der Waals surface area contributed by atoms with Crippen molar-refractivity contribution in [1.29, 1.82) is 0 Å². The van der Waals surface area contributed by atoms with E-state index < -0.39 is 6.04 Å². The van der Waals surface area contributed by atoms with E-state index in [0.29, 0.717) is 46.0 Å². The van der Waals surface area contributed by atoms with Crippen LogP contribution in [-0.4, -0.2) is 63.0 Å². The highest BCUT2D eigenvalue weighted by Gasteiger charge is 2.26. The maximum Gasteiger partial charge on any atom is 0.242 e. The molecular formula is C30H40Cl2N8O. The summed E-state index contributed by atoms with van der Waals surface area (Å²) in [5, 5.41) is 11.1. The molecule has 220 valence electrons. The fourth-order valence-corrected chi connectivity index (χ4v) is 6.23. The summed E-state index contributed by atoms with van der Waals surface area (Å²) in [5.74, 6) is 2.83. The largest absolute Gasteiger partial charge is 0.358 e. The van der Waals surface area contributed by atoms with E-state index in [1.165, 1.54) is 19.3 Å². The fourth-order valence-electron chi connectivity index (χ4n) is 5.75. The van der Waals surface area contributed by atoms with Crippen molar-refractivity contribution in [2.45, 2.75) is 64.0 Å². The quantitative estimate of drug-likeness (QED) is 0.257. The lowest BCUT2D eigenvalue weighted by molar-refractivity contribution is -0.122. The Hall–Kier alpha value is -2.88. The molecule has 3 aromatic rings. The van der Waals surface area contributed by atoms with Gasteiger partial charge in [0, 0.05) is 41.6 Å². The van der Waals surface area contributed by atoms with Gasteiger partial charge in [-0.05, 0) is 68.9 Å². The van der Waals surface area contributed by atoms with Crippen molar-refractivity contribution in [3.05, 3.63) is 58.6 Å². The number of carbonyl (C=O) groups excluding carboxylic acids is 1. The number of hydrogen-bond acceptors (Lipinski definition) is 7. The first-order valence-electron chi connectivity index (χ1n) is 14.7. The molecule has 1 atom stereocenters. The van der Waals surface area contributed by atoms with Crippen LogP contribution in [0, 0.1) is 11.8 Å². The maximum absolute atomic E-state index is 13.6. The minimum atomic E-state index is -0.448. The van der Waals surface area contributed by atoms with Crippen molar-refractivity contribution in [3.8, 4) is 5.82 Å². The topological polar surface area (TPSA) is 100 Å². The summed E-state index contributed by atoms with van der Waals surface area (Å²) in [6.45, 7) is 3.35. The van der Waals surface area contributed by atoms with Gasteiger partial charge in [0.15, 0.2) is 0 Å². The molecule has 0 bridgehead atoms. The molecule has 1 aliphatic heterocycles. The summed E-state index contributed by atoms with van der Waals surface area (Å²) in [4.78, 5) is 29.7. The van der Waals surface area contributed by atoms with E-state index in [1.54, 1.807) is 24.7 Å². The van der Waals surface area contributed by atoms with Crippen LogP contribution in [0.2, 0.25) is 10.0 Å². The van der Waals surface area contributed by atoms with Crippen LogP contribution in [0.15, 0.2) is 43.0 Å². The minimum Gasteiger partial charge on any atom is -0.358 e. The maximum atomic E-state index is 13.6. The van der Waals surface area contributed by atoms with Gasteiger partial charge in [-0.1, -0.05) is 61.4 Å². The highest BCUT2D eigenvalue weighted by atomic mass is 35.5. The van der Waals surface area contributed by atoms with E-state index in [4.69, 9.17) is 33.2 Å². The van der Waals surface area contributed by atoms with Crippen LogP contribution in [0.4, 0.5) is 11.8 Å². The number of nitrogens with one attached hydrogen (secondary N) is 3. The van der Waals surface area contributed by atoms with Gasteiger partial charge in [-0.3, -0.25) is 9.36 Å². The van der Waals surface area contributed by atoms with Gasteiger partial charge in [-0.25, -0.2) is 4.98 Å². The van der Waals surface area contributed by atoms with Crippen molar-refractivity contribution in [1.82, 2.24) is 29.7 Å². The van der Waals surface area contributed by atoms with Crippen LogP contribution in [0.1, 0.15) is 56.9 Å². The normalized spacial score (nSPS) is 17.7. The molecule has 2 aromatic heterocycles. The van der Waals surface area contributed by atoms with Crippen molar-refractivity contribution >= 4 is 40.9 Å². The number of imidazole rings is 1. The molecule has 2 aliphatic rings. The van der Waals surface area contributed by atoms with Gasteiger partial charge >= 0.3 is 0 Å². The van der Waals surface area contributed by atoms with Crippen LogP contribution in [0.5, 0.6) is 0 Å². The number of hydrogen-bond donors (Lipinski definition) is 3. The van der Waals surface area contributed by atoms with Gasteiger partial charge in [-0.2, -0.15) is 9.97 Å². The third-order valence-corrected chi connectivity index (χ3v) is 8.86. The van der Waals surface area contributed by atoms with E-state index in [-0.39, 0.29) is 5.91 Å². The fraction of sp³-hybridized carbons (Fsp3) is 0.533. The number of rotatable bonds is 11. The summed E-state index contributed by atoms with van der Waals surface area (Å²) in [6, 6.07) is 6.75. The van der Waals surface area contributed by atoms with Gasteiger partial charge in [0.05, 0.1) is 0 Å². The number of nitrogens with zero attached hydrogens (tertiary/aromatic N) is 5. The number of anilines is 2. The Bertz CT molecular complexity index is 1270. The molecule has 1 aliphatic carbocycles. The van der Waals surface area contributed by atoms with Gasteiger partial charge in [0.1, 0.15) is 24.0 Å². The average Bonchev–Trinajstić information content (AvgIpc) is 3.52. The Morgan fingerprint density at radius 3 is 2.59 bits per heavy atom. The lowest BCUT2D eigenvalue weighted by Crippen LogP contribution is -2.41. The number of halogens is 2. The Morgan fingerprint density at radius 2 is 1.85 bits per heavy atom. The van der Waals surface area contributed by atoms with Gasteiger partial charge in [0.25, 0.3) is 0 Å². The molecule has 0 radical (unpaired) electrons. The zero-order chi connectivity index (χ0) is 28.6. The lowest BCUT2D eigenvalue weighted by Gasteiger charge is -2.29. The molecule has 9 nitrogen and oxygen atoms in total. The van der Waals surface area contributed by atoms with Crippen molar-refractivity contribution < 1.29 is 4.79 Å². The molecule has 1 saturated heterocycles. The second kappa shape index (κ2) is 14.3. The highest BCUT2D eigenvalue weighted by molar-refractivity contribution is 6.35. The zero-order valence-corrected chi connectivity index (χ0v) is 25.2. The van der Waals surface area contributed by atoms with E-state index in [9.17, 15) is 4.79 Å². The van der Waals surface area contributed by atoms with Crippen molar-refractivity contribution in [2.24, 2.45) is 11.8 Å².